The van der Waals surface area contributed by atoms with Gasteiger partial charge < -0.3 is 15.7 Å². The number of carbonyl (C=O) groups is 2. The number of carboxylic acids is 1. The van der Waals surface area contributed by atoms with Crippen LogP contribution in [0.3, 0.4) is 0 Å². The zero-order chi connectivity index (χ0) is 14.1. The van der Waals surface area contributed by atoms with Gasteiger partial charge in [-0.25, -0.2) is 4.79 Å². The van der Waals surface area contributed by atoms with E-state index in [0.29, 0.717) is 24.9 Å². The summed E-state index contributed by atoms with van der Waals surface area (Å²) in [6.45, 7) is 2.62. The molecule has 0 bridgehead atoms. The second kappa shape index (κ2) is 9.07. The Kier molecular flexibility index (Phi) is 7.70. The van der Waals surface area contributed by atoms with Gasteiger partial charge in [0, 0.05) is 19.0 Å². The lowest BCUT2D eigenvalue weighted by atomic mass is 10.0. The fourth-order valence-electron chi connectivity index (χ4n) is 2.02. The molecule has 3 N–H and O–H groups in total. The number of urea groups is 1. The van der Waals surface area contributed by atoms with Crippen LogP contribution < -0.4 is 10.6 Å². The van der Waals surface area contributed by atoms with Gasteiger partial charge in [0.1, 0.15) is 0 Å². The van der Waals surface area contributed by atoms with Crippen molar-refractivity contribution in [3.05, 3.63) is 0 Å². The lowest BCUT2D eigenvalue weighted by Gasteiger charge is -2.22. The predicted octanol–water partition coefficient (Wildman–Crippen LogP) is 2.07. The van der Waals surface area contributed by atoms with Crippen LogP contribution in [-0.4, -0.2) is 41.2 Å². The molecule has 1 unspecified atom stereocenters. The van der Waals surface area contributed by atoms with Gasteiger partial charge in [0.05, 0.1) is 0 Å². The lowest BCUT2D eigenvalue weighted by molar-refractivity contribution is -0.137. The maximum absolute atomic E-state index is 11.6. The van der Waals surface area contributed by atoms with Gasteiger partial charge in [-0.15, -0.1) is 0 Å². The summed E-state index contributed by atoms with van der Waals surface area (Å²) in [6.07, 6.45) is 3.78. The first kappa shape index (κ1) is 16.1. The van der Waals surface area contributed by atoms with Crippen molar-refractivity contribution in [3.8, 4) is 0 Å². The molecule has 6 heteroatoms. The first-order chi connectivity index (χ1) is 9.08. The second-order valence-electron chi connectivity index (χ2n) is 5.11. The lowest BCUT2D eigenvalue weighted by Crippen LogP contribution is -2.44. The van der Waals surface area contributed by atoms with Crippen LogP contribution in [0.15, 0.2) is 0 Å². The quantitative estimate of drug-likeness (QED) is 0.670. The number of carboxylic acid groups (broad SMARTS) is 1. The number of hydrogen-bond donors (Lipinski definition) is 3. The fourth-order valence-corrected chi connectivity index (χ4v) is 3.13. The topological polar surface area (TPSA) is 78.4 Å². The molecule has 0 spiro atoms. The van der Waals surface area contributed by atoms with Gasteiger partial charge in [-0.3, -0.25) is 4.79 Å². The van der Waals surface area contributed by atoms with Crippen molar-refractivity contribution < 1.29 is 14.7 Å². The fraction of sp³-hybridized carbons (Fsp3) is 0.846. The Labute approximate surface area is 118 Å². The highest BCUT2D eigenvalue weighted by Crippen LogP contribution is 2.16. The van der Waals surface area contributed by atoms with Gasteiger partial charge in [-0.2, -0.15) is 11.8 Å². The second-order valence-corrected chi connectivity index (χ2v) is 6.34. The van der Waals surface area contributed by atoms with Crippen molar-refractivity contribution in [1.82, 2.24) is 10.6 Å². The maximum Gasteiger partial charge on any atom is 0.315 e. The molecule has 0 aromatic heterocycles. The molecule has 1 aliphatic rings. The summed E-state index contributed by atoms with van der Waals surface area (Å²) in [7, 11) is 0. The van der Waals surface area contributed by atoms with Crippen LogP contribution in [-0.2, 0) is 4.79 Å². The van der Waals surface area contributed by atoms with Crippen LogP contribution >= 0.6 is 11.8 Å². The van der Waals surface area contributed by atoms with Gasteiger partial charge in [0.25, 0.3) is 0 Å². The van der Waals surface area contributed by atoms with Crippen molar-refractivity contribution in [2.75, 3.05) is 18.1 Å². The SMILES string of the molecule is CC(CCNC(=O)NC1CCSCC1)CCC(=O)O. The molecule has 1 aliphatic heterocycles. The molecular formula is C13H24N2O3S. The van der Waals surface area contributed by atoms with Crippen LogP contribution in [0.1, 0.15) is 39.0 Å². The Morgan fingerprint density at radius 1 is 1.32 bits per heavy atom. The Balaban J connectivity index is 2.04. The summed E-state index contributed by atoms with van der Waals surface area (Å²) >= 11 is 1.94. The number of nitrogens with one attached hydrogen (secondary N) is 2. The standard InChI is InChI=1S/C13H24N2O3S/c1-10(2-3-12(16)17)4-7-14-13(18)15-11-5-8-19-9-6-11/h10-11H,2-9H2,1H3,(H,16,17)(H2,14,15,18). The molecule has 0 aromatic rings. The van der Waals surface area contributed by atoms with Gasteiger partial charge >= 0.3 is 12.0 Å². The molecule has 1 atom stereocenters. The van der Waals surface area contributed by atoms with E-state index in [0.717, 1.165) is 30.8 Å². The number of thioether (sulfide) groups is 1. The predicted molar refractivity (Wildman–Crippen MR) is 77.5 cm³/mol. The molecular weight excluding hydrogens is 264 g/mol. The van der Waals surface area contributed by atoms with Crippen LogP contribution in [0.25, 0.3) is 0 Å². The summed E-state index contributed by atoms with van der Waals surface area (Å²) in [4.78, 5) is 22.1. The zero-order valence-corrected chi connectivity index (χ0v) is 12.3. The Bertz CT molecular complexity index is 294. The van der Waals surface area contributed by atoms with Crippen molar-refractivity contribution in [2.45, 2.75) is 45.1 Å². The highest BCUT2D eigenvalue weighted by molar-refractivity contribution is 7.99. The Morgan fingerprint density at radius 3 is 2.63 bits per heavy atom. The molecule has 1 saturated heterocycles. The minimum absolute atomic E-state index is 0.0951. The molecule has 0 radical (unpaired) electrons. The highest BCUT2D eigenvalue weighted by atomic mass is 32.2. The maximum atomic E-state index is 11.6. The average molecular weight is 288 g/mol. The van der Waals surface area contributed by atoms with E-state index in [1.165, 1.54) is 0 Å². The van der Waals surface area contributed by atoms with E-state index in [2.05, 4.69) is 10.6 Å². The van der Waals surface area contributed by atoms with Crippen LogP contribution in [0.2, 0.25) is 0 Å². The van der Waals surface area contributed by atoms with Crippen molar-refractivity contribution in [1.29, 1.82) is 0 Å². The van der Waals surface area contributed by atoms with Gasteiger partial charge in [0.2, 0.25) is 0 Å². The van der Waals surface area contributed by atoms with E-state index in [-0.39, 0.29) is 12.5 Å². The van der Waals surface area contributed by atoms with E-state index in [4.69, 9.17) is 5.11 Å². The number of rotatable bonds is 7. The van der Waals surface area contributed by atoms with E-state index in [9.17, 15) is 9.59 Å². The van der Waals surface area contributed by atoms with Crippen LogP contribution in [0, 0.1) is 5.92 Å². The first-order valence-corrected chi connectivity index (χ1v) is 8.07. The van der Waals surface area contributed by atoms with E-state index >= 15 is 0 Å². The smallest absolute Gasteiger partial charge is 0.315 e. The number of aliphatic carboxylic acids is 1. The van der Waals surface area contributed by atoms with Gasteiger partial charge in [0.15, 0.2) is 0 Å². The molecule has 1 rings (SSSR count). The first-order valence-electron chi connectivity index (χ1n) is 6.92. The molecule has 110 valence electrons. The van der Waals surface area contributed by atoms with Gasteiger partial charge in [-0.1, -0.05) is 6.92 Å². The zero-order valence-electron chi connectivity index (χ0n) is 11.5. The molecule has 5 nitrogen and oxygen atoms in total. The monoisotopic (exact) mass is 288 g/mol. The third-order valence-electron chi connectivity index (χ3n) is 3.33. The normalized spacial score (nSPS) is 17.7. The largest absolute Gasteiger partial charge is 0.481 e. The van der Waals surface area contributed by atoms with E-state index in [1.807, 2.05) is 18.7 Å². The van der Waals surface area contributed by atoms with Crippen molar-refractivity contribution in [2.24, 2.45) is 5.92 Å². The molecule has 0 aliphatic carbocycles. The molecule has 0 aromatic carbocycles. The molecule has 19 heavy (non-hydrogen) atoms. The Hall–Kier alpha value is -0.910. The number of amides is 2. The summed E-state index contributed by atoms with van der Waals surface area (Å²) < 4.78 is 0. The molecule has 2 amide bonds. The molecule has 1 fully saturated rings. The summed E-state index contributed by atoms with van der Waals surface area (Å²) in [6, 6.07) is 0.216. The summed E-state index contributed by atoms with van der Waals surface area (Å²) in [5.41, 5.74) is 0. The summed E-state index contributed by atoms with van der Waals surface area (Å²) in [5, 5.41) is 14.4. The third-order valence-corrected chi connectivity index (χ3v) is 4.38. The number of hydrogen-bond acceptors (Lipinski definition) is 3. The molecule has 1 heterocycles. The number of carbonyl (C=O) groups excluding carboxylic acids is 1. The van der Waals surface area contributed by atoms with Crippen molar-refractivity contribution >= 4 is 23.8 Å². The average Bonchev–Trinajstić information content (AvgIpc) is 2.37. The van der Waals surface area contributed by atoms with Crippen molar-refractivity contribution in [3.63, 3.8) is 0 Å². The van der Waals surface area contributed by atoms with Crippen LogP contribution in [0.5, 0.6) is 0 Å². The molecule has 0 saturated carbocycles. The third kappa shape index (κ3) is 7.97. The van der Waals surface area contributed by atoms with E-state index < -0.39 is 5.97 Å². The van der Waals surface area contributed by atoms with Crippen LogP contribution in [0.4, 0.5) is 4.79 Å². The van der Waals surface area contributed by atoms with E-state index in [1.54, 1.807) is 0 Å². The minimum Gasteiger partial charge on any atom is -0.481 e. The summed E-state index contributed by atoms with van der Waals surface area (Å²) in [5.74, 6) is 1.81. The highest BCUT2D eigenvalue weighted by Gasteiger charge is 2.15. The minimum atomic E-state index is -0.757. The Morgan fingerprint density at radius 2 is 2.00 bits per heavy atom. The van der Waals surface area contributed by atoms with Gasteiger partial charge in [-0.05, 0) is 43.1 Å².